The molecule has 3 atom stereocenters. The average molecular weight is 617 g/mol. The van der Waals surface area contributed by atoms with Gasteiger partial charge in [0.05, 0.1) is 23.8 Å². The second-order valence-corrected chi connectivity index (χ2v) is 13.4. The topological polar surface area (TPSA) is 107 Å². The summed E-state index contributed by atoms with van der Waals surface area (Å²) in [6.45, 7) is 3.68. The van der Waals surface area contributed by atoms with Crippen molar-refractivity contribution >= 4 is 33.8 Å². The van der Waals surface area contributed by atoms with E-state index in [1.807, 2.05) is 24.1 Å². The fraction of sp³-hybridized carbons (Fsp3) is 0.378. The number of carbonyl (C=O) groups excluding carboxylic acids is 2. The first kappa shape index (κ1) is 28.8. The summed E-state index contributed by atoms with van der Waals surface area (Å²) in [6.07, 6.45) is 4.52. The van der Waals surface area contributed by atoms with E-state index in [4.69, 9.17) is 15.5 Å². The molecule has 9 nitrogen and oxygen atoms in total. The van der Waals surface area contributed by atoms with E-state index in [9.17, 15) is 9.59 Å². The van der Waals surface area contributed by atoms with E-state index in [1.54, 1.807) is 7.11 Å². The molecule has 2 unspecified atom stereocenters. The highest BCUT2D eigenvalue weighted by atomic mass is 16.5. The van der Waals surface area contributed by atoms with Crippen LogP contribution in [0, 0.1) is 11.8 Å². The molecule has 3 aliphatic rings. The molecule has 2 saturated carbocycles. The van der Waals surface area contributed by atoms with Crippen LogP contribution in [0.2, 0.25) is 0 Å². The molecular weight excluding hydrogens is 576 g/mol. The number of hydrogen-bond donors (Lipinski definition) is 2. The fourth-order valence-electron chi connectivity index (χ4n) is 7.79. The minimum Gasteiger partial charge on any atom is -0.494 e. The van der Waals surface area contributed by atoms with Crippen LogP contribution in [0.1, 0.15) is 48.5 Å². The molecule has 9 heteroatoms. The number of rotatable bonds is 8. The van der Waals surface area contributed by atoms with Crippen molar-refractivity contribution in [1.29, 1.82) is 0 Å². The van der Waals surface area contributed by atoms with E-state index in [-0.39, 0.29) is 23.9 Å². The Kier molecular flexibility index (Phi) is 6.90. The Bertz CT molecular complexity index is 2000. The third-order valence-electron chi connectivity index (χ3n) is 10.4. The molecule has 2 aliphatic carbocycles. The zero-order valence-electron chi connectivity index (χ0n) is 26.6. The molecule has 2 amide bonds. The Morgan fingerprint density at radius 2 is 1.83 bits per heavy atom. The first-order valence-electron chi connectivity index (χ1n) is 16.4. The molecule has 2 aromatic heterocycles. The van der Waals surface area contributed by atoms with Crippen molar-refractivity contribution in [3.63, 3.8) is 0 Å². The Morgan fingerprint density at radius 1 is 1.02 bits per heavy atom. The van der Waals surface area contributed by atoms with Crippen LogP contribution in [-0.2, 0) is 24.9 Å². The highest BCUT2D eigenvalue weighted by Gasteiger charge is 2.47. The number of imidazole rings is 1. The Balaban J connectivity index is 1.22. The maximum Gasteiger partial charge on any atom is 0.254 e. The molecule has 3 fully saturated rings. The second kappa shape index (κ2) is 11.0. The van der Waals surface area contributed by atoms with Crippen molar-refractivity contribution in [2.45, 2.75) is 57.8 Å². The minimum atomic E-state index is -0.0372. The minimum absolute atomic E-state index is 0.00522. The molecule has 236 valence electrons. The van der Waals surface area contributed by atoms with E-state index in [2.05, 4.69) is 63.0 Å². The van der Waals surface area contributed by atoms with Crippen molar-refractivity contribution in [2.75, 3.05) is 13.7 Å². The quantitative estimate of drug-likeness (QED) is 0.240. The maximum atomic E-state index is 13.8. The lowest BCUT2D eigenvalue weighted by Gasteiger charge is -2.27. The van der Waals surface area contributed by atoms with Gasteiger partial charge in [0.1, 0.15) is 11.3 Å². The number of likely N-dealkylation sites (tertiary alicyclic amines) is 1. The normalized spacial score (nSPS) is 20.6. The number of aryl methyl sites for hydroxylation is 1. The van der Waals surface area contributed by atoms with Crippen LogP contribution < -0.4 is 15.8 Å². The molecule has 1 aliphatic heterocycles. The van der Waals surface area contributed by atoms with Gasteiger partial charge in [-0.1, -0.05) is 42.5 Å². The molecule has 46 heavy (non-hydrogen) atoms. The molecule has 3 heterocycles. The van der Waals surface area contributed by atoms with Crippen molar-refractivity contribution in [2.24, 2.45) is 24.6 Å². The number of methoxy groups -OCH3 is 1. The number of nitrogens with one attached hydrogen (secondary N) is 1. The Morgan fingerprint density at radius 3 is 2.50 bits per heavy atom. The fourth-order valence-corrected chi connectivity index (χ4v) is 7.79. The number of piperidine rings is 1. The number of nitrogens with zero attached hydrogens (tertiary/aromatic N) is 4. The van der Waals surface area contributed by atoms with Crippen LogP contribution in [0.4, 0.5) is 0 Å². The van der Waals surface area contributed by atoms with Crippen LogP contribution >= 0.6 is 0 Å². The van der Waals surface area contributed by atoms with E-state index in [0.29, 0.717) is 29.7 Å². The Labute approximate surface area is 268 Å². The van der Waals surface area contributed by atoms with Gasteiger partial charge in [0.25, 0.3) is 5.91 Å². The monoisotopic (exact) mass is 616 g/mol. The third-order valence-corrected chi connectivity index (χ3v) is 10.4. The highest BCUT2D eigenvalue weighted by molar-refractivity contribution is 6.01. The van der Waals surface area contributed by atoms with E-state index in [0.717, 1.165) is 70.6 Å². The standard InChI is InChI=1S/C37H40N6O3/c1-21(44)39-18-22-9-11-24(12-10-22)28-6-4-5-25-16-31(42(34(25)28)19-23-7-8-23)36-40-29-15-27(17-32(46-3)35(29)41(36)2)37(45)43-20-26-13-14-30(43)33(26)38/h4-6,9-12,15-17,23,26,30,33H,7-8,13-14,18-20,38H2,1-3H3,(H,39,44)/t26?,30?,33-/m1/s1. The molecule has 0 spiro atoms. The summed E-state index contributed by atoms with van der Waals surface area (Å²) >= 11 is 0. The van der Waals surface area contributed by atoms with Gasteiger partial charge in [-0.25, -0.2) is 4.98 Å². The predicted molar refractivity (Wildman–Crippen MR) is 179 cm³/mol. The Hall–Kier alpha value is -4.63. The summed E-state index contributed by atoms with van der Waals surface area (Å²) in [4.78, 5) is 32.3. The van der Waals surface area contributed by atoms with Crippen LogP contribution in [0.3, 0.4) is 0 Å². The third kappa shape index (κ3) is 4.76. The molecule has 3 aromatic carbocycles. The summed E-state index contributed by atoms with van der Waals surface area (Å²) in [5.74, 6) is 2.48. The number of para-hydroxylation sites is 1. The SMILES string of the molecule is COc1cc(C(=O)N2CC3CCC2[C@@H]3N)cc2nc(-c3cc4cccc(-c5ccc(CNC(C)=O)cc5)c4n3CC3CC3)n(C)c12. The number of benzene rings is 3. The lowest BCUT2D eigenvalue weighted by Crippen LogP contribution is -2.41. The molecule has 8 rings (SSSR count). The van der Waals surface area contributed by atoms with E-state index in [1.165, 1.54) is 25.3 Å². The van der Waals surface area contributed by atoms with Crippen LogP contribution in [0.25, 0.3) is 44.6 Å². The summed E-state index contributed by atoms with van der Waals surface area (Å²) < 4.78 is 10.4. The molecule has 1 saturated heterocycles. The number of ether oxygens (including phenoxy) is 1. The van der Waals surface area contributed by atoms with Crippen molar-refractivity contribution < 1.29 is 14.3 Å². The first-order chi connectivity index (χ1) is 22.3. The van der Waals surface area contributed by atoms with Crippen LogP contribution in [0.15, 0.2) is 60.7 Å². The van der Waals surface area contributed by atoms with Crippen molar-refractivity contribution in [1.82, 2.24) is 24.3 Å². The van der Waals surface area contributed by atoms with Gasteiger partial charge in [-0.2, -0.15) is 0 Å². The summed E-state index contributed by atoms with van der Waals surface area (Å²) in [6, 6.07) is 21.1. The number of aromatic nitrogens is 3. The summed E-state index contributed by atoms with van der Waals surface area (Å²) in [5, 5.41) is 4.04. The van der Waals surface area contributed by atoms with E-state index >= 15 is 0 Å². The van der Waals surface area contributed by atoms with E-state index < -0.39 is 0 Å². The second-order valence-electron chi connectivity index (χ2n) is 13.4. The lowest BCUT2D eigenvalue weighted by atomic mass is 10.0. The maximum absolute atomic E-state index is 13.8. The van der Waals surface area contributed by atoms with Gasteiger partial charge in [0.15, 0.2) is 5.82 Å². The molecule has 2 bridgehead atoms. The summed E-state index contributed by atoms with van der Waals surface area (Å²) in [5.41, 5.74) is 14.2. The number of carbonyl (C=O) groups is 2. The number of hydrogen-bond acceptors (Lipinski definition) is 5. The average Bonchev–Trinajstić information content (AvgIpc) is 3.45. The van der Waals surface area contributed by atoms with Gasteiger partial charge in [-0.15, -0.1) is 0 Å². The van der Waals surface area contributed by atoms with Crippen LogP contribution in [-0.4, -0.2) is 56.6 Å². The predicted octanol–water partition coefficient (Wildman–Crippen LogP) is 5.48. The number of fused-ring (bicyclic) bond motifs is 4. The van der Waals surface area contributed by atoms with Gasteiger partial charge < -0.3 is 29.8 Å². The van der Waals surface area contributed by atoms with Crippen molar-refractivity contribution in [3.05, 3.63) is 71.8 Å². The highest BCUT2D eigenvalue weighted by Crippen LogP contribution is 2.42. The van der Waals surface area contributed by atoms with Gasteiger partial charge in [-0.05, 0) is 66.8 Å². The van der Waals surface area contributed by atoms with Crippen molar-refractivity contribution in [3.8, 4) is 28.4 Å². The lowest BCUT2D eigenvalue weighted by molar-refractivity contribution is -0.119. The molecule has 5 aromatic rings. The largest absolute Gasteiger partial charge is 0.494 e. The zero-order valence-corrected chi connectivity index (χ0v) is 26.6. The van der Waals surface area contributed by atoms with Gasteiger partial charge in [-0.3, -0.25) is 9.59 Å². The summed E-state index contributed by atoms with van der Waals surface area (Å²) in [7, 11) is 3.68. The molecule has 3 N–H and O–H groups in total. The molecular formula is C37H40N6O3. The smallest absolute Gasteiger partial charge is 0.254 e. The van der Waals surface area contributed by atoms with Gasteiger partial charge >= 0.3 is 0 Å². The van der Waals surface area contributed by atoms with Gasteiger partial charge in [0.2, 0.25) is 5.91 Å². The zero-order chi connectivity index (χ0) is 31.7. The van der Waals surface area contributed by atoms with Crippen LogP contribution in [0.5, 0.6) is 5.75 Å². The number of amides is 2. The molecule has 0 radical (unpaired) electrons. The number of nitrogens with two attached hydrogens (primary N) is 1. The first-order valence-corrected chi connectivity index (χ1v) is 16.4. The van der Waals surface area contributed by atoms with Gasteiger partial charge in [0, 0.05) is 62.2 Å².